The first-order valence-corrected chi connectivity index (χ1v) is 6.56. The van der Waals surface area contributed by atoms with Gasteiger partial charge in [-0.25, -0.2) is 9.78 Å². The molecule has 0 saturated carbocycles. The quantitative estimate of drug-likeness (QED) is 0.638. The van der Waals surface area contributed by atoms with E-state index in [9.17, 15) is 9.59 Å². The fourth-order valence-corrected chi connectivity index (χ4v) is 2.53. The third-order valence-corrected chi connectivity index (χ3v) is 3.66. The number of Topliss-reactive ketones (excluding diaryl/α,β-unsaturated/α-hetero) is 1. The number of imidazole rings is 1. The third-order valence-electron chi connectivity index (χ3n) is 3.66. The number of allylic oxidation sites excluding steroid dienone is 2. The summed E-state index contributed by atoms with van der Waals surface area (Å²) in [6.45, 7) is 0. The second-order valence-corrected chi connectivity index (χ2v) is 4.83. The Kier molecular flexibility index (Phi) is 3.17. The van der Waals surface area contributed by atoms with Gasteiger partial charge >= 0.3 is 5.97 Å². The number of ketones is 1. The van der Waals surface area contributed by atoms with Crippen LogP contribution in [-0.2, 0) is 18.2 Å². The van der Waals surface area contributed by atoms with Crippen LogP contribution in [0.3, 0.4) is 0 Å². The van der Waals surface area contributed by atoms with Gasteiger partial charge in [0, 0.05) is 12.6 Å². The Bertz CT molecular complexity index is 772. The highest BCUT2D eigenvalue weighted by molar-refractivity contribution is 6.28. The molecule has 1 aliphatic rings. The molecule has 106 valence electrons. The smallest absolute Gasteiger partial charge is 0.356 e. The molecule has 0 saturated heterocycles. The molecule has 1 aromatic carbocycles. The normalized spacial score (nSPS) is 12.8. The van der Waals surface area contributed by atoms with Crippen molar-refractivity contribution in [1.82, 2.24) is 9.55 Å². The number of hydrogen-bond donors (Lipinski definition) is 0. The summed E-state index contributed by atoms with van der Waals surface area (Å²) in [7, 11) is 2.93. The molecule has 5 nitrogen and oxygen atoms in total. The van der Waals surface area contributed by atoms with Gasteiger partial charge in [-0.3, -0.25) is 4.79 Å². The van der Waals surface area contributed by atoms with Crippen LogP contribution in [0, 0.1) is 0 Å². The van der Waals surface area contributed by atoms with Gasteiger partial charge in [-0.2, -0.15) is 0 Å². The van der Waals surface area contributed by atoms with E-state index in [2.05, 4.69) is 9.72 Å². The van der Waals surface area contributed by atoms with Crippen LogP contribution >= 0.6 is 0 Å². The average molecular weight is 282 g/mol. The highest BCUT2D eigenvalue weighted by Crippen LogP contribution is 2.29. The van der Waals surface area contributed by atoms with E-state index in [0.29, 0.717) is 5.57 Å². The van der Waals surface area contributed by atoms with E-state index in [1.54, 1.807) is 7.05 Å². The van der Waals surface area contributed by atoms with E-state index in [1.165, 1.54) is 17.9 Å². The minimum atomic E-state index is -0.509. The molecule has 0 radical (unpaired) electrons. The molecule has 21 heavy (non-hydrogen) atoms. The lowest BCUT2D eigenvalue weighted by Gasteiger charge is -2.06. The van der Waals surface area contributed by atoms with Gasteiger partial charge in [-0.05, 0) is 17.5 Å². The number of methoxy groups -OCH3 is 1. The monoisotopic (exact) mass is 282 g/mol. The molecule has 5 heteroatoms. The second-order valence-electron chi connectivity index (χ2n) is 4.83. The van der Waals surface area contributed by atoms with Crippen LogP contribution in [0.15, 0.2) is 36.5 Å². The van der Waals surface area contributed by atoms with E-state index in [1.807, 2.05) is 30.3 Å². The topological polar surface area (TPSA) is 61.2 Å². The zero-order valence-electron chi connectivity index (χ0n) is 11.8. The number of ether oxygens (including phenoxy) is 1. The molecule has 1 aliphatic carbocycles. The number of nitrogens with zero attached hydrogens (tertiary/aromatic N) is 2. The zero-order valence-corrected chi connectivity index (χ0v) is 11.8. The lowest BCUT2D eigenvalue weighted by Crippen LogP contribution is -2.13. The predicted octanol–water partition coefficient (Wildman–Crippen LogP) is 2.03. The van der Waals surface area contributed by atoms with Gasteiger partial charge in [0.15, 0.2) is 5.82 Å². The summed E-state index contributed by atoms with van der Waals surface area (Å²) >= 11 is 0. The number of hydrogen-bond acceptors (Lipinski definition) is 4. The third kappa shape index (κ3) is 2.07. The van der Waals surface area contributed by atoms with Crippen LogP contribution in [-0.4, -0.2) is 28.4 Å². The van der Waals surface area contributed by atoms with Gasteiger partial charge in [0.2, 0.25) is 5.78 Å². The minimum absolute atomic E-state index is 0.183. The van der Waals surface area contributed by atoms with E-state index >= 15 is 0 Å². The first-order chi connectivity index (χ1) is 10.1. The fraction of sp³-hybridized carbons (Fsp3) is 0.188. The van der Waals surface area contributed by atoms with Gasteiger partial charge in [0.1, 0.15) is 5.69 Å². The fourth-order valence-electron chi connectivity index (χ4n) is 2.53. The van der Waals surface area contributed by atoms with Crippen molar-refractivity contribution in [2.24, 2.45) is 7.05 Å². The summed E-state index contributed by atoms with van der Waals surface area (Å²) in [5, 5.41) is 0. The molecule has 0 amide bonds. The Balaban J connectivity index is 1.98. The van der Waals surface area contributed by atoms with Crippen molar-refractivity contribution in [2.75, 3.05) is 7.11 Å². The number of carbonyl (C=O) groups is 2. The van der Waals surface area contributed by atoms with Crippen LogP contribution < -0.4 is 0 Å². The maximum atomic E-state index is 12.7. The molecule has 0 unspecified atom stereocenters. The molecule has 2 aromatic rings. The number of esters is 1. The van der Waals surface area contributed by atoms with Crippen molar-refractivity contribution in [3.05, 3.63) is 59.2 Å². The van der Waals surface area contributed by atoms with Crippen molar-refractivity contribution in [1.29, 1.82) is 0 Å². The van der Waals surface area contributed by atoms with Gasteiger partial charge in [-0.1, -0.05) is 30.3 Å². The first-order valence-electron chi connectivity index (χ1n) is 6.56. The van der Waals surface area contributed by atoms with Crippen molar-refractivity contribution >= 4 is 17.3 Å². The first kappa shape index (κ1) is 13.3. The SMILES string of the molecule is COC(=O)c1cnc(C(=O)C2=CCc3ccccc32)n1C. The summed E-state index contributed by atoms with van der Waals surface area (Å²) < 4.78 is 6.13. The van der Waals surface area contributed by atoms with E-state index in [-0.39, 0.29) is 17.3 Å². The van der Waals surface area contributed by atoms with Gasteiger partial charge in [0.25, 0.3) is 0 Å². The summed E-state index contributed by atoms with van der Waals surface area (Å²) in [6.07, 6.45) is 4.01. The van der Waals surface area contributed by atoms with Crippen molar-refractivity contribution in [2.45, 2.75) is 6.42 Å². The molecule has 0 bridgehead atoms. The standard InChI is InChI=1S/C16H14N2O3/c1-18-13(16(20)21-2)9-17-15(18)14(19)12-8-7-10-5-3-4-6-11(10)12/h3-6,8-9H,7H2,1-2H3. The number of benzene rings is 1. The van der Waals surface area contributed by atoms with Crippen LogP contribution in [0.25, 0.3) is 5.57 Å². The summed E-state index contributed by atoms with van der Waals surface area (Å²) in [6, 6.07) is 7.79. The molecule has 1 aromatic heterocycles. The van der Waals surface area contributed by atoms with Crippen molar-refractivity contribution in [3.63, 3.8) is 0 Å². The molecule has 0 aliphatic heterocycles. The average Bonchev–Trinajstić information content (AvgIpc) is 3.09. The minimum Gasteiger partial charge on any atom is -0.464 e. The van der Waals surface area contributed by atoms with Gasteiger partial charge in [-0.15, -0.1) is 0 Å². The Labute approximate surface area is 121 Å². The summed E-state index contributed by atoms with van der Waals surface area (Å²) in [4.78, 5) is 28.3. The lowest BCUT2D eigenvalue weighted by molar-refractivity contribution is 0.0589. The van der Waals surface area contributed by atoms with Crippen LogP contribution in [0.2, 0.25) is 0 Å². The second kappa shape index (κ2) is 5.01. The van der Waals surface area contributed by atoms with Crippen molar-refractivity contribution < 1.29 is 14.3 Å². The molecule has 0 fully saturated rings. The lowest BCUT2D eigenvalue weighted by atomic mass is 10.0. The summed E-state index contributed by atoms with van der Waals surface area (Å²) in [5.74, 6) is -0.458. The number of carbonyl (C=O) groups excluding carboxylic acids is 2. The highest BCUT2D eigenvalue weighted by atomic mass is 16.5. The maximum absolute atomic E-state index is 12.7. The summed E-state index contributed by atoms with van der Waals surface area (Å²) in [5.41, 5.74) is 2.96. The molecule has 0 N–H and O–H groups in total. The Morgan fingerprint density at radius 3 is 2.81 bits per heavy atom. The Morgan fingerprint density at radius 1 is 1.29 bits per heavy atom. The van der Waals surface area contributed by atoms with E-state index < -0.39 is 5.97 Å². The van der Waals surface area contributed by atoms with Gasteiger partial charge < -0.3 is 9.30 Å². The molecule has 3 rings (SSSR count). The Morgan fingerprint density at radius 2 is 2.05 bits per heavy atom. The largest absolute Gasteiger partial charge is 0.464 e. The van der Waals surface area contributed by atoms with Crippen LogP contribution in [0.1, 0.15) is 32.2 Å². The molecule has 0 atom stereocenters. The predicted molar refractivity (Wildman–Crippen MR) is 77.0 cm³/mol. The molecular weight excluding hydrogens is 268 g/mol. The van der Waals surface area contributed by atoms with Gasteiger partial charge in [0.05, 0.1) is 13.3 Å². The van der Waals surface area contributed by atoms with Crippen LogP contribution in [0.4, 0.5) is 0 Å². The highest BCUT2D eigenvalue weighted by Gasteiger charge is 2.25. The maximum Gasteiger partial charge on any atom is 0.356 e. The van der Waals surface area contributed by atoms with Crippen molar-refractivity contribution in [3.8, 4) is 0 Å². The van der Waals surface area contributed by atoms with E-state index in [0.717, 1.165) is 17.5 Å². The molecule has 0 spiro atoms. The number of rotatable bonds is 3. The molecular formula is C16H14N2O3. The number of aromatic nitrogens is 2. The molecule has 1 heterocycles. The zero-order chi connectivity index (χ0) is 15.0. The van der Waals surface area contributed by atoms with Crippen LogP contribution in [0.5, 0.6) is 0 Å². The van der Waals surface area contributed by atoms with E-state index in [4.69, 9.17) is 0 Å². The number of fused-ring (bicyclic) bond motifs is 1. The Hall–Kier alpha value is -2.69.